The summed E-state index contributed by atoms with van der Waals surface area (Å²) in [7, 11) is 0. The zero-order chi connectivity index (χ0) is 11.8. The number of rotatable bonds is 7. The van der Waals surface area contributed by atoms with Crippen LogP contribution in [0.2, 0.25) is 0 Å². The lowest BCUT2D eigenvalue weighted by Gasteiger charge is -2.03. The molecule has 5 nitrogen and oxygen atoms in total. The quantitative estimate of drug-likeness (QED) is 0.628. The lowest BCUT2D eigenvalue weighted by Crippen LogP contribution is -2.25. The fourth-order valence-electron chi connectivity index (χ4n) is 1.32. The summed E-state index contributed by atoms with van der Waals surface area (Å²) in [6, 6.07) is 0. The van der Waals surface area contributed by atoms with Gasteiger partial charge in [0, 0.05) is 6.54 Å². The summed E-state index contributed by atoms with van der Waals surface area (Å²) in [6.45, 7) is 0.686. The van der Waals surface area contributed by atoms with E-state index in [2.05, 4.69) is 21.8 Å². The van der Waals surface area contributed by atoms with Gasteiger partial charge in [-0.05, 0) is 24.9 Å². The number of nitrogens with one attached hydrogen (secondary N) is 2. The first kappa shape index (κ1) is 12.9. The van der Waals surface area contributed by atoms with Crippen LogP contribution in [0.3, 0.4) is 0 Å². The second-order valence-electron chi connectivity index (χ2n) is 3.51. The summed E-state index contributed by atoms with van der Waals surface area (Å²) in [6.07, 6.45) is 6.87. The predicted molar refractivity (Wildman–Crippen MR) is 67.6 cm³/mol. The highest BCUT2D eigenvalue weighted by atomic mass is 32.2. The monoisotopic (exact) mass is 242 g/mol. The van der Waals surface area contributed by atoms with E-state index in [1.54, 1.807) is 0 Å². The molecule has 6 heteroatoms. The van der Waals surface area contributed by atoms with Crippen molar-refractivity contribution in [2.75, 3.05) is 24.3 Å². The van der Waals surface area contributed by atoms with Crippen LogP contribution in [0.1, 0.15) is 29.8 Å². The number of carbonyl (C=O) groups is 1. The molecule has 0 saturated heterocycles. The van der Waals surface area contributed by atoms with E-state index in [-0.39, 0.29) is 5.91 Å². The molecule has 0 spiro atoms. The Kier molecular flexibility index (Phi) is 5.77. The number of amides is 1. The van der Waals surface area contributed by atoms with Crippen molar-refractivity contribution in [3.05, 3.63) is 11.9 Å². The molecule has 0 aliphatic heterocycles. The van der Waals surface area contributed by atoms with E-state index in [4.69, 9.17) is 5.73 Å². The molecule has 0 atom stereocenters. The molecule has 0 aliphatic carbocycles. The molecule has 0 unspecified atom stereocenters. The third-order valence-electron chi connectivity index (χ3n) is 2.21. The number of nitrogens with zero attached hydrogens (tertiary/aromatic N) is 1. The number of anilines is 1. The molecule has 1 amide bonds. The number of thioether (sulfide) groups is 1. The largest absolute Gasteiger partial charge is 0.396 e. The Labute approximate surface area is 99.6 Å². The van der Waals surface area contributed by atoms with Gasteiger partial charge in [0.15, 0.2) is 0 Å². The lowest BCUT2D eigenvalue weighted by molar-refractivity contribution is 0.0949. The molecule has 1 heterocycles. The van der Waals surface area contributed by atoms with Gasteiger partial charge >= 0.3 is 0 Å². The molecule has 0 bridgehead atoms. The predicted octanol–water partition coefficient (Wildman–Crippen LogP) is 1.26. The number of unbranched alkanes of at least 4 members (excludes halogenated alkanes) is 2. The lowest BCUT2D eigenvalue weighted by atomic mass is 10.2. The van der Waals surface area contributed by atoms with Crippen LogP contribution in [0.25, 0.3) is 0 Å². The fourth-order valence-corrected chi connectivity index (χ4v) is 1.81. The molecule has 0 saturated carbocycles. The van der Waals surface area contributed by atoms with E-state index in [1.807, 2.05) is 11.8 Å². The number of aromatic amines is 1. The van der Waals surface area contributed by atoms with Crippen LogP contribution in [0, 0.1) is 0 Å². The Bertz CT molecular complexity index is 326. The van der Waals surface area contributed by atoms with Crippen molar-refractivity contribution in [1.29, 1.82) is 0 Å². The SMILES string of the molecule is CSCCCCCNC(=O)c1[nH]ncc1N. The second-order valence-corrected chi connectivity index (χ2v) is 4.50. The fraction of sp³-hybridized carbons (Fsp3) is 0.600. The van der Waals surface area contributed by atoms with Gasteiger partial charge in [0.05, 0.1) is 11.9 Å². The van der Waals surface area contributed by atoms with Gasteiger partial charge in [0.1, 0.15) is 5.69 Å². The summed E-state index contributed by atoms with van der Waals surface area (Å²) >= 11 is 1.85. The van der Waals surface area contributed by atoms with E-state index in [1.165, 1.54) is 18.4 Å². The van der Waals surface area contributed by atoms with Gasteiger partial charge in [0.2, 0.25) is 0 Å². The van der Waals surface area contributed by atoms with Crippen molar-refractivity contribution < 1.29 is 4.79 Å². The van der Waals surface area contributed by atoms with Crippen LogP contribution < -0.4 is 11.1 Å². The van der Waals surface area contributed by atoms with E-state index >= 15 is 0 Å². The first-order valence-corrected chi connectivity index (χ1v) is 6.71. The van der Waals surface area contributed by atoms with Crippen molar-refractivity contribution in [3.63, 3.8) is 0 Å². The average molecular weight is 242 g/mol. The Hall–Kier alpha value is -1.17. The summed E-state index contributed by atoms with van der Waals surface area (Å²) in [5, 5.41) is 9.08. The van der Waals surface area contributed by atoms with Crippen molar-refractivity contribution in [2.45, 2.75) is 19.3 Å². The zero-order valence-corrected chi connectivity index (χ0v) is 10.3. The Morgan fingerprint density at radius 3 is 3.00 bits per heavy atom. The molecule has 1 rings (SSSR count). The number of nitrogens with two attached hydrogens (primary N) is 1. The van der Waals surface area contributed by atoms with Gasteiger partial charge in [-0.25, -0.2) is 0 Å². The summed E-state index contributed by atoms with van der Waals surface area (Å²) in [5.41, 5.74) is 6.29. The summed E-state index contributed by atoms with van der Waals surface area (Å²) in [5.74, 6) is 1.00. The number of carbonyl (C=O) groups excluding carboxylic acids is 1. The Morgan fingerprint density at radius 1 is 1.56 bits per heavy atom. The second kappa shape index (κ2) is 7.16. The van der Waals surface area contributed by atoms with E-state index < -0.39 is 0 Å². The van der Waals surface area contributed by atoms with Crippen molar-refractivity contribution >= 4 is 23.4 Å². The first-order valence-electron chi connectivity index (χ1n) is 5.31. The highest BCUT2D eigenvalue weighted by Crippen LogP contribution is 2.05. The van der Waals surface area contributed by atoms with Crippen LogP contribution in [-0.2, 0) is 0 Å². The first-order chi connectivity index (χ1) is 7.75. The molecule has 0 fully saturated rings. The Balaban J connectivity index is 2.14. The minimum atomic E-state index is -0.181. The zero-order valence-electron chi connectivity index (χ0n) is 9.45. The van der Waals surface area contributed by atoms with Gasteiger partial charge in [-0.15, -0.1) is 0 Å². The van der Waals surface area contributed by atoms with Crippen LogP contribution in [-0.4, -0.2) is 34.7 Å². The number of nitrogen functional groups attached to an aromatic ring is 1. The topological polar surface area (TPSA) is 83.8 Å². The van der Waals surface area contributed by atoms with Gasteiger partial charge in [-0.1, -0.05) is 6.42 Å². The van der Waals surface area contributed by atoms with Crippen molar-refractivity contribution in [2.24, 2.45) is 0 Å². The van der Waals surface area contributed by atoms with Gasteiger partial charge < -0.3 is 11.1 Å². The molecule has 0 aromatic carbocycles. The van der Waals surface area contributed by atoms with E-state index in [0.717, 1.165) is 12.8 Å². The van der Waals surface area contributed by atoms with Gasteiger partial charge in [0.25, 0.3) is 5.91 Å². The molecular weight excluding hydrogens is 224 g/mol. The minimum Gasteiger partial charge on any atom is -0.396 e. The van der Waals surface area contributed by atoms with Crippen LogP contribution in [0.15, 0.2) is 6.20 Å². The smallest absolute Gasteiger partial charge is 0.271 e. The summed E-state index contributed by atoms with van der Waals surface area (Å²) in [4.78, 5) is 11.5. The molecule has 0 radical (unpaired) electrons. The van der Waals surface area contributed by atoms with Crippen molar-refractivity contribution in [1.82, 2.24) is 15.5 Å². The third-order valence-corrected chi connectivity index (χ3v) is 2.90. The maximum Gasteiger partial charge on any atom is 0.271 e. The normalized spacial score (nSPS) is 10.3. The molecular formula is C10H18N4OS. The molecule has 16 heavy (non-hydrogen) atoms. The molecule has 4 N–H and O–H groups in total. The maximum atomic E-state index is 11.5. The van der Waals surface area contributed by atoms with Crippen molar-refractivity contribution in [3.8, 4) is 0 Å². The third kappa shape index (κ3) is 4.14. The number of hydrogen-bond acceptors (Lipinski definition) is 4. The number of hydrogen-bond donors (Lipinski definition) is 3. The molecule has 90 valence electrons. The highest BCUT2D eigenvalue weighted by molar-refractivity contribution is 7.98. The molecule has 0 aliphatic rings. The average Bonchev–Trinajstić information content (AvgIpc) is 2.69. The Morgan fingerprint density at radius 2 is 2.38 bits per heavy atom. The van der Waals surface area contributed by atoms with Crippen LogP contribution in [0.5, 0.6) is 0 Å². The highest BCUT2D eigenvalue weighted by Gasteiger charge is 2.10. The molecule has 1 aromatic heterocycles. The van der Waals surface area contributed by atoms with Crippen LogP contribution in [0.4, 0.5) is 5.69 Å². The number of H-pyrrole nitrogens is 1. The van der Waals surface area contributed by atoms with Gasteiger partial charge in [-0.3, -0.25) is 9.89 Å². The summed E-state index contributed by atoms with van der Waals surface area (Å²) < 4.78 is 0. The maximum absolute atomic E-state index is 11.5. The van der Waals surface area contributed by atoms with E-state index in [9.17, 15) is 4.79 Å². The van der Waals surface area contributed by atoms with Crippen LogP contribution >= 0.6 is 11.8 Å². The number of aromatic nitrogens is 2. The minimum absolute atomic E-state index is 0.181. The van der Waals surface area contributed by atoms with E-state index in [0.29, 0.717) is 17.9 Å². The van der Waals surface area contributed by atoms with Gasteiger partial charge in [-0.2, -0.15) is 16.9 Å². The molecule has 1 aromatic rings. The standard InChI is InChI=1S/C10H18N4OS/c1-16-6-4-2-3-5-12-10(15)9-8(11)7-13-14-9/h7H,2-6,11H2,1H3,(H,12,15)(H,13,14).